The fourth-order valence-electron chi connectivity index (χ4n) is 2.57. The Kier molecular flexibility index (Phi) is 3.70. The summed E-state index contributed by atoms with van der Waals surface area (Å²) in [4.78, 5) is 32.8. The summed E-state index contributed by atoms with van der Waals surface area (Å²) in [5, 5.41) is 2.48. The Morgan fingerprint density at radius 3 is 2.82 bits per heavy atom. The van der Waals surface area contributed by atoms with Crippen LogP contribution in [0.1, 0.15) is 18.7 Å². The largest absolute Gasteiger partial charge is 0.453 e. The van der Waals surface area contributed by atoms with E-state index in [2.05, 4.69) is 20.0 Å². The van der Waals surface area contributed by atoms with Crippen molar-refractivity contribution in [3.8, 4) is 0 Å². The van der Waals surface area contributed by atoms with Crippen LogP contribution in [-0.4, -0.2) is 53.1 Å². The maximum atomic E-state index is 12.2. The molecule has 1 atom stereocenters. The van der Waals surface area contributed by atoms with E-state index in [0.29, 0.717) is 13.1 Å². The van der Waals surface area contributed by atoms with Gasteiger partial charge in [-0.1, -0.05) is 12.1 Å². The first-order valence-corrected chi connectivity index (χ1v) is 7.16. The number of ether oxygens (including phenoxy) is 1. The molecule has 116 valence electrons. The normalized spacial score (nSPS) is 16.2. The number of alkyl carbamates (subject to hydrolysis) is 1. The van der Waals surface area contributed by atoms with E-state index in [-0.39, 0.29) is 11.8 Å². The number of rotatable bonds is 3. The number of para-hydroxylation sites is 2. The van der Waals surface area contributed by atoms with Gasteiger partial charge in [0.15, 0.2) is 0 Å². The number of aromatic amines is 1. The highest BCUT2D eigenvalue weighted by molar-refractivity contribution is 5.86. The van der Waals surface area contributed by atoms with E-state index in [1.165, 1.54) is 7.11 Å². The first kappa shape index (κ1) is 14.4. The number of hydrogen-bond donors (Lipinski definition) is 2. The van der Waals surface area contributed by atoms with E-state index in [9.17, 15) is 9.59 Å². The Morgan fingerprint density at radius 1 is 1.41 bits per heavy atom. The zero-order valence-electron chi connectivity index (χ0n) is 12.5. The minimum Gasteiger partial charge on any atom is -0.453 e. The lowest BCUT2D eigenvalue weighted by atomic mass is 9.98. The van der Waals surface area contributed by atoms with E-state index in [1.54, 1.807) is 11.8 Å². The van der Waals surface area contributed by atoms with Gasteiger partial charge in [-0.05, 0) is 19.1 Å². The number of nitrogens with zero attached hydrogens (tertiary/aromatic N) is 2. The van der Waals surface area contributed by atoms with Crippen molar-refractivity contribution in [1.29, 1.82) is 0 Å². The second-order valence-corrected chi connectivity index (χ2v) is 5.44. The summed E-state index contributed by atoms with van der Waals surface area (Å²) in [5.74, 6) is 0.998. The molecule has 2 heterocycles. The van der Waals surface area contributed by atoms with E-state index >= 15 is 0 Å². The molecule has 1 aliphatic rings. The average Bonchev–Trinajstić information content (AvgIpc) is 2.88. The second kappa shape index (κ2) is 5.67. The molecule has 0 saturated carbocycles. The molecule has 1 aliphatic heterocycles. The molecule has 7 nitrogen and oxygen atoms in total. The predicted octanol–water partition coefficient (Wildman–Crippen LogP) is 1.23. The fraction of sp³-hybridized carbons (Fsp3) is 0.400. The van der Waals surface area contributed by atoms with Crippen LogP contribution in [0.3, 0.4) is 0 Å². The molecule has 1 aromatic carbocycles. The number of carbonyl (C=O) groups is 2. The topological polar surface area (TPSA) is 87.3 Å². The standard InChI is InChI=1S/C15H18N4O3/c1-9(16-15(21)22-2)14(20)19-7-10(8-19)13-17-11-5-3-4-6-12(11)18-13/h3-6,9-10H,7-8H2,1-2H3,(H,16,21)(H,17,18). The highest BCUT2D eigenvalue weighted by Gasteiger charge is 2.36. The third-order valence-electron chi connectivity index (χ3n) is 3.88. The maximum absolute atomic E-state index is 12.2. The van der Waals surface area contributed by atoms with Crippen LogP contribution in [0, 0.1) is 0 Å². The Labute approximate surface area is 127 Å². The van der Waals surface area contributed by atoms with Gasteiger partial charge in [0.1, 0.15) is 11.9 Å². The number of imidazole rings is 1. The number of fused-ring (bicyclic) bond motifs is 1. The number of nitrogens with one attached hydrogen (secondary N) is 2. The molecule has 0 bridgehead atoms. The van der Waals surface area contributed by atoms with Gasteiger partial charge in [0, 0.05) is 13.1 Å². The van der Waals surface area contributed by atoms with E-state index < -0.39 is 12.1 Å². The molecule has 1 saturated heterocycles. The Hall–Kier alpha value is -2.57. The van der Waals surface area contributed by atoms with Gasteiger partial charge in [-0.3, -0.25) is 4.79 Å². The highest BCUT2D eigenvalue weighted by atomic mass is 16.5. The third-order valence-corrected chi connectivity index (χ3v) is 3.88. The monoisotopic (exact) mass is 302 g/mol. The van der Waals surface area contributed by atoms with Crippen molar-refractivity contribution in [2.24, 2.45) is 0 Å². The van der Waals surface area contributed by atoms with Crippen LogP contribution in [0.15, 0.2) is 24.3 Å². The number of H-pyrrole nitrogens is 1. The third kappa shape index (κ3) is 2.61. The van der Waals surface area contributed by atoms with Gasteiger partial charge in [0.25, 0.3) is 0 Å². The Morgan fingerprint density at radius 2 is 2.14 bits per heavy atom. The Balaban J connectivity index is 1.59. The first-order chi connectivity index (χ1) is 10.6. The number of methoxy groups -OCH3 is 1. The minimum atomic E-state index is -0.602. The Bertz CT molecular complexity index is 673. The molecule has 2 N–H and O–H groups in total. The number of hydrogen-bond acceptors (Lipinski definition) is 4. The number of amides is 2. The molecule has 2 amide bonds. The summed E-state index contributed by atoms with van der Waals surface area (Å²) < 4.78 is 4.49. The molecule has 1 aromatic heterocycles. The number of carbonyl (C=O) groups excluding carboxylic acids is 2. The van der Waals surface area contributed by atoms with Gasteiger partial charge >= 0.3 is 6.09 Å². The van der Waals surface area contributed by atoms with E-state index in [4.69, 9.17) is 0 Å². The van der Waals surface area contributed by atoms with Crippen LogP contribution in [0.2, 0.25) is 0 Å². The van der Waals surface area contributed by atoms with Crippen LogP contribution >= 0.6 is 0 Å². The SMILES string of the molecule is COC(=O)NC(C)C(=O)N1CC(c2nc3ccccc3[nH]2)C1. The van der Waals surface area contributed by atoms with Crippen molar-refractivity contribution in [3.05, 3.63) is 30.1 Å². The summed E-state index contributed by atoms with van der Waals surface area (Å²) in [7, 11) is 1.27. The van der Waals surface area contributed by atoms with Crippen molar-refractivity contribution >= 4 is 23.0 Å². The summed E-state index contributed by atoms with van der Waals surface area (Å²) in [5.41, 5.74) is 1.94. The predicted molar refractivity (Wildman–Crippen MR) is 80.4 cm³/mol. The van der Waals surface area contributed by atoms with Gasteiger partial charge in [0.05, 0.1) is 24.1 Å². The van der Waals surface area contributed by atoms with Crippen molar-refractivity contribution in [3.63, 3.8) is 0 Å². The fourth-order valence-corrected chi connectivity index (χ4v) is 2.57. The van der Waals surface area contributed by atoms with Crippen LogP contribution in [0.5, 0.6) is 0 Å². The summed E-state index contributed by atoms with van der Waals surface area (Å²) in [6.07, 6.45) is -0.602. The van der Waals surface area contributed by atoms with Crippen LogP contribution in [0.4, 0.5) is 4.79 Å². The molecule has 0 spiro atoms. The van der Waals surface area contributed by atoms with Crippen LogP contribution in [-0.2, 0) is 9.53 Å². The zero-order valence-corrected chi connectivity index (χ0v) is 12.5. The second-order valence-electron chi connectivity index (χ2n) is 5.44. The van der Waals surface area contributed by atoms with Crippen molar-refractivity contribution in [1.82, 2.24) is 20.2 Å². The van der Waals surface area contributed by atoms with Gasteiger partial charge in [-0.15, -0.1) is 0 Å². The lowest BCUT2D eigenvalue weighted by Crippen LogP contribution is -2.55. The molecule has 0 radical (unpaired) electrons. The molecule has 2 aromatic rings. The first-order valence-electron chi connectivity index (χ1n) is 7.16. The molecule has 0 aliphatic carbocycles. The summed E-state index contributed by atoms with van der Waals surface area (Å²) >= 11 is 0. The quantitative estimate of drug-likeness (QED) is 0.893. The number of benzene rings is 1. The molecule has 1 fully saturated rings. The summed E-state index contributed by atoms with van der Waals surface area (Å²) in [6.45, 7) is 2.85. The molecular weight excluding hydrogens is 284 g/mol. The molecule has 1 unspecified atom stereocenters. The number of likely N-dealkylation sites (tertiary alicyclic amines) is 1. The van der Waals surface area contributed by atoms with Crippen molar-refractivity contribution in [2.75, 3.05) is 20.2 Å². The lowest BCUT2D eigenvalue weighted by Gasteiger charge is -2.39. The lowest BCUT2D eigenvalue weighted by molar-refractivity contribution is -0.137. The average molecular weight is 302 g/mol. The summed E-state index contributed by atoms with van der Waals surface area (Å²) in [6, 6.07) is 7.25. The zero-order chi connectivity index (χ0) is 15.7. The van der Waals surface area contributed by atoms with Crippen molar-refractivity contribution in [2.45, 2.75) is 18.9 Å². The smallest absolute Gasteiger partial charge is 0.407 e. The van der Waals surface area contributed by atoms with Gasteiger partial charge < -0.3 is 19.9 Å². The van der Waals surface area contributed by atoms with Gasteiger partial charge in [-0.2, -0.15) is 0 Å². The molecule has 3 rings (SSSR count). The molecule has 7 heteroatoms. The maximum Gasteiger partial charge on any atom is 0.407 e. The van der Waals surface area contributed by atoms with E-state index in [0.717, 1.165) is 16.9 Å². The van der Waals surface area contributed by atoms with Gasteiger partial charge in [-0.25, -0.2) is 9.78 Å². The molecule has 22 heavy (non-hydrogen) atoms. The van der Waals surface area contributed by atoms with Crippen LogP contribution < -0.4 is 5.32 Å². The van der Waals surface area contributed by atoms with Crippen molar-refractivity contribution < 1.29 is 14.3 Å². The highest BCUT2D eigenvalue weighted by Crippen LogP contribution is 2.27. The minimum absolute atomic E-state index is 0.113. The van der Waals surface area contributed by atoms with Crippen LogP contribution in [0.25, 0.3) is 11.0 Å². The van der Waals surface area contributed by atoms with Gasteiger partial charge in [0.2, 0.25) is 5.91 Å². The molecular formula is C15H18N4O3. The number of aromatic nitrogens is 2. The van der Waals surface area contributed by atoms with E-state index in [1.807, 2.05) is 24.3 Å².